The van der Waals surface area contributed by atoms with Crippen molar-refractivity contribution in [2.24, 2.45) is 11.7 Å². The predicted octanol–water partition coefficient (Wildman–Crippen LogP) is 0.888. The molecule has 1 unspecified atom stereocenters. The molecular formula is C11H20N2O. The Bertz CT molecular complexity index is 218. The monoisotopic (exact) mass is 196 g/mol. The summed E-state index contributed by atoms with van der Waals surface area (Å²) in [5, 5.41) is 2.72. The van der Waals surface area contributed by atoms with E-state index in [1.807, 2.05) is 20.8 Å². The molecule has 0 bridgehead atoms. The standard InChI is InChI=1S/C11H20N2O/c1-5-9(6-2)13-11(14)10(12)7-8(3)4/h1,8-10H,6-7,12H2,2-4H3,(H,13,14)/t9?,10-/m1/s1. The lowest BCUT2D eigenvalue weighted by Gasteiger charge is -2.16. The summed E-state index contributed by atoms with van der Waals surface area (Å²) in [5.41, 5.74) is 5.70. The molecule has 0 aliphatic carbocycles. The lowest BCUT2D eigenvalue weighted by atomic mass is 10.0. The number of carbonyl (C=O) groups is 1. The third kappa shape index (κ3) is 4.88. The van der Waals surface area contributed by atoms with E-state index in [4.69, 9.17) is 12.2 Å². The predicted molar refractivity (Wildman–Crippen MR) is 58.5 cm³/mol. The fraction of sp³-hybridized carbons (Fsp3) is 0.727. The van der Waals surface area contributed by atoms with Crippen molar-refractivity contribution in [3.63, 3.8) is 0 Å². The first kappa shape index (κ1) is 13.0. The van der Waals surface area contributed by atoms with Crippen LogP contribution >= 0.6 is 0 Å². The summed E-state index contributed by atoms with van der Waals surface area (Å²) in [6.45, 7) is 6.00. The number of carbonyl (C=O) groups excluding carboxylic acids is 1. The van der Waals surface area contributed by atoms with E-state index in [1.165, 1.54) is 0 Å². The highest BCUT2D eigenvalue weighted by Crippen LogP contribution is 2.03. The van der Waals surface area contributed by atoms with Crippen LogP contribution in [0.15, 0.2) is 0 Å². The van der Waals surface area contributed by atoms with Crippen molar-refractivity contribution in [1.29, 1.82) is 0 Å². The zero-order chi connectivity index (χ0) is 11.1. The number of hydrogen-bond acceptors (Lipinski definition) is 2. The van der Waals surface area contributed by atoms with Crippen molar-refractivity contribution in [1.82, 2.24) is 5.32 Å². The summed E-state index contributed by atoms with van der Waals surface area (Å²) >= 11 is 0. The maximum Gasteiger partial charge on any atom is 0.237 e. The SMILES string of the molecule is C#CC(CC)NC(=O)[C@H](N)CC(C)C. The molecular weight excluding hydrogens is 176 g/mol. The van der Waals surface area contributed by atoms with E-state index in [0.717, 1.165) is 6.42 Å². The van der Waals surface area contributed by atoms with Crippen LogP contribution in [0.25, 0.3) is 0 Å². The van der Waals surface area contributed by atoms with Crippen LogP contribution in [-0.4, -0.2) is 18.0 Å². The molecule has 0 fully saturated rings. The summed E-state index contributed by atoms with van der Waals surface area (Å²) in [6, 6.07) is -0.641. The fourth-order valence-corrected chi connectivity index (χ4v) is 1.16. The molecule has 0 aromatic heterocycles. The van der Waals surface area contributed by atoms with Gasteiger partial charge in [0.05, 0.1) is 12.1 Å². The highest BCUT2D eigenvalue weighted by molar-refractivity contribution is 5.82. The number of hydrogen-bond donors (Lipinski definition) is 2. The third-order valence-corrected chi connectivity index (χ3v) is 1.99. The first-order valence-electron chi connectivity index (χ1n) is 5.03. The van der Waals surface area contributed by atoms with Gasteiger partial charge in [-0.1, -0.05) is 26.7 Å². The second kappa shape index (κ2) is 6.44. The van der Waals surface area contributed by atoms with Crippen molar-refractivity contribution in [2.75, 3.05) is 0 Å². The van der Waals surface area contributed by atoms with Crippen LogP contribution in [0, 0.1) is 18.3 Å². The van der Waals surface area contributed by atoms with Gasteiger partial charge in [0.15, 0.2) is 0 Å². The van der Waals surface area contributed by atoms with Gasteiger partial charge in [0, 0.05) is 0 Å². The molecule has 0 aromatic carbocycles. The largest absolute Gasteiger partial charge is 0.341 e. The van der Waals surface area contributed by atoms with Gasteiger partial charge in [0.1, 0.15) is 0 Å². The molecule has 0 aliphatic rings. The number of amides is 1. The Kier molecular flexibility index (Phi) is 5.98. The maximum atomic E-state index is 11.5. The first-order valence-corrected chi connectivity index (χ1v) is 5.03. The molecule has 0 spiro atoms. The smallest absolute Gasteiger partial charge is 0.237 e. The van der Waals surface area contributed by atoms with Crippen LogP contribution in [0.4, 0.5) is 0 Å². The Morgan fingerprint density at radius 2 is 2.14 bits per heavy atom. The normalized spacial score (nSPS) is 14.6. The lowest BCUT2D eigenvalue weighted by molar-refractivity contribution is -0.123. The van der Waals surface area contributed by atoms with Crippen LogP contribution in [-0.2, 0) is 4.79 Å². The highest BCUT2D eigenvalue weighted by atomic mass is 16.2. The van der Waals surface area contributed by atoms with E-state index < -0.39 is 6.04 Å². The van der Waals surface area contributed by atoms with E-state index >= 15 is 0 Å². The van der Waals surface area contributed by atoms with Crippen LogP contribution in [0.3, 0.4) is 0 Å². The minimum Gasteiger partial charge on any atom is -0.341 e. The molecule has 1 amide bonds. The molecule has 0 radical (unpaired) electrons. The summed E-state index contributed by atoms with van der Waals surface area (Å²) in [4.78, 5) is 11.5. The van der Waals surface area contributed by atoms with Gasteiger partial charge >= 0.3 is 0 Å². The number of nitrogens with two attached hydrogens (primary N) is 1. The van der Waals surface area contributed by atoms with Crippen LogP contribution in [0.1, 0.15) is 33.6 Å². The highest BCUT2D eigenvalue weighted by Gasteiger charge is 2.16. The van der Waals surface area contributed by atoms with E-state index in [2.05, 4.69) is 11.2 Å². The van der Waals surface area contributed by atoms with E-state index in [1.54, 1.807) is 0 Å². The van der Waals surface area contributed by atoms with Gasteiger partial charge < -0.3 is 11.1 Å². The van der Waals surface area contributed by atoms with Crippen LogP contribution < -0.4 is 11.1 Å². The summed E-state index contributed by atoms with van der Waals surface area (Å²) in [5.74, 6) is 2.77. The minimum atomic E-state index is -0.447. The number of nitrogens with one attached hydrogen (secondary N) is 1. The Labute approximate surface area is 86.4 Å². The average Bonchev–Trinajstić information content (AvgIpc) is 2.12. The zero-order valence-corrected chi connectivity index (χ0v) is 9.21. The van der Waals surface area contributed by atoms with E-state index in [-0.39, 0.29) is 11.9 Å². The third-order valence-electron chi connectivity index (χ3n) is 1.99. The van der Waals surface area contributed by atoms with Crippen molar-refractivity contribution in [2.45, 2.75) is 45.7 Å². The van der Waals surface area contributed by atoms with E-state index in [0.29, 0.717) is 12.3 Å². The molecule has 0 saturated carbocycles. The van der Waals surface area contributed by atoms with Crippen molar-refractivity contribution in [3.8, 4) is 12.3 Å². The van der Waals surface area contributed by atoms with Crippen molar-refractivity contribution in [3.05, 3.63) is 0 Å². The maximum absolute atomic E-state index is 11.5. The molecule has 3 nitrogen and oxygen atoms in total. The zero-order valence-electron chi connectivity index (χ0n) is 9.21. The quantitative estimate of drug-likeness (QED) is 0.642. The molecule has 80 valence electrons. The number of rotatable bonds is 5. The minimum absolute atomic E-state index is 0.150. The lowest BCUT2D eigenvalue weighted by Crippen LogP contribution is -2.45. The van der Waals surface area contributed by atoms with Gasteiger partial charge in [-0.15, -0.1) is 6.42 Å². The molecule has 0 saturated heterocycles. The molecule has 0 heterocycles. The summed E-state index contributed by atoms with van der Waals surface area (Å²) in [6.07, 6.45) is 6.65. The molecule has 0 rings (SSSR count). The van der Waals surface area contributed by atoms with Crippen LogP contribution in [0.2, 0.25) is 0 Å². The Hall–Kier alpha value is -1.01. The first-order chi connectivity index (χ1) is 6.51. The average molecular weight is 196 g/mol. The second-order valence-electron chi connectivity index (χ2n) is 3.87. The molecule has 14 heavy (non-hydrogen) atoms. The Balaban J connectivity index is 4.01. The van der Waals surface area contributed by atoms with Gasteiger partial charge in [0.25, 0.3) is 0 Å². The fourth-order valence-electron chi connectivity index (χ4n) is 1.16. The van der Waals surface area contributed by atoms with Gasteiger partial charge in [-0.2, -0.15) is 0 Å². The van der Waals surface area contributed by atoms with Gasteiger partial charge in [-0.05, 0) is 18.8 Å². The molecule has 0 aromatic rings. The summed E-state index contributed by atoms with van der Waals surface area (Å²) in [7, 11) is 0. The molecule has 3 heteroatoms. The summed E-state index contributed by atoms with van der Waals surface area (Å²) < 4.78 is 0. The number of terminal acetylenes is 1. The molecule has 0 aliphatic heterocycles. The van der Waals surface area contributed by atoms with Gasteiger partial charge in [0.2, 0.25) is 5.91 Å². The van der Waals surface area contributed by atoms with Crippen molar-refractivity contribution < 1.29 is 4.79 Å². The van der Waals surface area contributed by atoms with Crippen LogP contribution in [0.5, 0.6) is 0 Å². The second-order valence-corrected chi connectivity index (χ2v) is 3.87. The Morgan fingerprint density at radius 3 is 2.50 bits per heavy atom. The topological polar surface area (TPSA) is 55.1 Å². The van der Waals surface area contributed by atoms with Crippen molar-refractivity contribution >= 4 is 5.91 Å². The van der Waals surface area contributed by atoms with E-state index in [9.17, 15) is 4.79 Å². The molecule has 2 atom stereocenters. The Morgan fingerprint density at radius 1 is 1.57 bits per heavy atom. The van der Waals surface area contributed by atoms with Gasteiger partial charge in [-0.3, -0.25) is 4.79 Å². The molecule has 3 N–H and O–H groups in total. The van der Waals surface area contributed by atoms with Gasteiger partial charge in [-0.25, -0.2) is 0 Å².